The molecule has 1 fully saturated rings. The largest absolute Gasteiger partial charge is 0.321 e. The van der Waals surface area contributed by atoms with E-state index in [0.29, 0.717) is 40.5 Å². The topological polar surface area (TPSA) is 95.5 Å². The molecule has 0 radical (unpaired) electrons. The van der Waals surface area contributed by atoms with Crippen LogP contribution in [0.15, 0.2) is 10.5 Å². The third-order valence-corrected chi connectivity index (χ3v) is 7.81. The highest BCUT2D eigenvalue weighted by Crippen LogP contribution is 2.42. The number of carbonyl (C=O) groups is 1. The Balaban J connectivity index is 1.40. The van der Waals surface area contributed by atoms with E-state index in [0.717, 1.165) is 34.4 Å². The lowest BCUT2D eigenvalue weighted by Crippen LogP contribution is -2.21. The van der Waals surface area contributed by atoms with E-state index in [-0.39, 0.29) is 23.9 Å². The number of hydrogen-bond donors (Lipinski definition) is 1. The van der Waals surface area contributed by atoms with Gasteiger partial charge in [-0.05, 0) is 69.5 Å². The first kappa shape index (κ1) is 24.5. The molecule has 0 unspecified atom stereocenters. The molecule has 9 nitrogen and oxygen atoms in total. The van der Waals surface area contributed by atoms with Crippen LogP contribution in [0.5, 0.6) is 0 Å². The first-order valence-electron chi connectivity index (χ1n) is 11.7. The molecule has 1 saturated carbocycles. The van der Waals surface area contributed by atoms with Gasteiger partial charge in [-0.3, -0.25) is 4.79 Å². The van der Waals surface area contributed by atoms with Gasteiger partial charge in [-0.25, -0.2) is 27.8 Å². The van der Waals surface area contributed by atoms with Gasteiger partial charge in [0, 0.05) is 17.2 Å². The quantitative estimate of drug-likeness (QED) is 0.339. The Kier molecular flexibility index (Phi) is 6.17. The van der Waals surface area contributed by atoms with Crippen molar-refractivity contribution in [1.82, 2.24) is 34.3 Å². The minimum Gasteiger partial charge on any atom is -0.321 e. The van der Waals surface area contributed by atoms with Crippen molar-refractivity contribution in [3.8, 4) is 0 Å². The average molecular weight is 561 g/mol. The monoisotopic (exact) mass is 560 g/mol. The summed E-state index contributed by atoms with van der Waals surface area (Å²) in [5.74, 6) is -0.139. The number of pyridine rings is 1. The predicted molar refractivity (Wildman–Crippen MR) is 134 cm³/mol. The van der Waals surface area contributed by atoms with Gasteiger partial charge in [0.1, 0.15) is 13.2 Å². The number of aryl methyl sites for hydroxylation is 3. The summed E-state index contributed by atoms with van der Waals surface area (Å²) in [7, 11) is 0. The maximum absolute atomic E-state index is 13.8. The number of fused-ring (bicyclic) bond motifs is 1. The number of nitrogens with zero attached hydrogens (tertiary/aromatic N) is 7. The van der Waals surface area contributed by atoms with Crippen LogP contribution in [-0.2, 0) is 18.0 Å². The van der Waals surface area contributed by atoms with Gasteiger partial charge in [-0.1, -0.05) is 0 Å². The molecule has 0 saturated heterocycles. The summed E-state index contributed by atoms with van der Waals surface area (Å²) in [5.41, 5.74) is 5.23. The van der Waals surface area contributed by atoms with Crippen LogP contribution in [0.2, 0.25) is 0 Å². The van der Waals surface area contributed by atoms with E-state index in [4.69, 9.17) is 0 Å². The Labute approximate surface area is 215 Å². The van der Waals surface area contributed by atoms with Crippen molar-refractivity contribution in [2.45, 2.75) is 73.0 Å². The van der Waals surface area contributed by atoms with Gasteiger partial charge in [-0.2, -0.15) is 15.3 Å². The lowest BCUT2D eigenvalue weighted by Gasteiger charge is -2.10. The standard InChI is InChI=1S/C24H27BrF2N8O/c1-11-20-17(23(26)27)8-18(16-6-7-16)28-24(20)33(30-11)9-19(36)29-22-13(3)32-35(15(22)5)10-34-14(4)21(25)12(2)31-34/h8,16,23H,6-7,9-10H2,1-5H3,(H,29,36). The van der Waals surface area contributed by atoms with Crippen LogP contribution in [0.3, 0.4) is 0 Å². The number of carbonyl (C=O) groups excluding carboxylic acids is 1. The summed E-state index contributed by atoms with van der Waals surface area (Å²) in [4.78, 5) is 17.7. The fourth-order valence-electron chi connectivity index (χ4n) is 4.55. The molecule has 4 aromatic heterocycles. The van der Waals surface area contributed by atoms with Crippen molar-refractivity contribution < 1.29 is 13.6 Å². The molecule has 1 aliphatic rings. The smallest absolute Gasteiger partial charge is 0.264 e. The first-order valence-corrected chi connectivity index (χ1v) is 12.5. The lowest BCUT2D eigenvalue weighted by molar-refractivity contribution is -0.116. The number of alkyl halides is 2. The van der Waals surface area contributed by atoms with Crippen LogP contribution in [-0.4, -0.2) is 40.2 Å². The van der Waals surface area contributed by atoms with Crippen LogP contribution >= 0.6 is 15.9 Å². The Bertz CT molecular complexity index is 1500. The molecule has 1 amide bonds. The van der Waals surface area contributed by atoms with Crippen molar-refractivity contribution in [2.24, 2.45) is 0 Å². The van der Waals surface area contributed by atoms with E-state index in [9.17, 15) is 13.6 Å². The molecule has 0 atom stereocenters. The van der Waals surface area contributed by atoms with Gasteiger partial charge in [0.15, 0.2) is 5.65 Å². The molecule has 4 heterocycles. The zero-order chi connectivity index (χ0) is 25.9. The summed E-state index contributed by atoms with van der Waals surface area (Å²) in [6.07, 6.45) is -0.769. The van der Waals surface area contributed by atoms with Crippen molar-refractivity contribution in [2.75, 3.05) is 5.32 Å². The zero-order valence-corrected chi connectivity index (χ0v) is 22.3. The minimum absolute atomic E-state index is 0.0742. The number of hydrogen-bond acceptors (Lipinski definition) is 5. The molecular weight excluding hydrogens is 534 g/mol. The second kappa shape index (κ2) is 9.06. The third kappa shape index (κ3) is 4.31. The fraction of sp³-hybridized carbons (Fsp3) is 0.458. The predicted octanol–water partition coefficient (Wildman–Crippen LogP) is 5.09. The third-order valence-electron chi connectivity index (χ3n) is 6.66. The maximum Gasteiger partial charge on any atom is 0.264 e. The van der Waals surface area contributed by atoms with Crippen LogP contribution < -0.4 is 5.32 Å². The van der Waals surface area contributed by atoms with Crippen molar-refractivity contribution in [1.29, 1.82) is 0 Å². The average Bonchev–Trinajstić information content (AvgIpc) is 3.54. The number of nitrogens with one attached hydrogen (secondary N) is 1. The Morgan fingerprint density at radius 2 is 1.67 bits per heavy atom. The van der Waals surface area contributed by atoms with E-state index < -0.39 is 6.43 Å². The molecule has 0 bridgehead atoms. The van der Waals surface area contributed by atoms with E-state index >= 15 is 0 Å². The zero-order valence-electron chi connectivity index (χ0n) is 20.7. The summed E-state index contributed by atoms with van der Waals surface area (Å²) >= 11 is 3.54. The van der Waals surface area contributed by atoms with E-state index in [1.165, 1.54) is 10.7 Å². The molecule has 0 aliphatic heterocycles. The SMILES string of the molecule is Cc1nn(Cn2nc(C)c(NC(=O)Cn3nc(C)c4c(C(F)F)cc(C5CC5)nc43)c2C)c(C)c1Br. The fourth-order valence-corrected chi connectivity index (χ4v) is 4.83. The first-order chi connectivity index (χ1) is 17.0. The lowest BCUT2D eigenvalue weighted by atomic mass is 10.1. The van der Waals surface area contributed by atoms with Gasteiger partial charge in [0.25, 0.3) is 6.43 Å². The molecule has 5 rings (SSSR count). The number of aromatic nitrogens is 7. The van der Waals surface area contributed by atoms with Crippen molar-refractivity contribution in [3.05, 3.63) is 50.3 Å². The second-order valence-corrected chi connectivity index (χ2v) is 10.2. The Morgan fingerprint density at radius 3 is 2.28 bits per heavy atom. The highest BCUT2D eigenvalue weighted by atomic mass is 79.9. The van der Waals surface area contributed by atoms with Crippen LogP contribution in [0.25, 0.3) is 11.0 Å². The summed E-state index contributed by atoms with van der Waals surface area (Å²) in [5, 5.41) is 16.7. The molecule has 12 heteroatoms. The molecule has 190 valence electrons. The number of anilines is 1. The maximum atomic E-state index is 13.8. The molecule has 4 aromatic rings. The number of rotatable bonds is 7. The Morgan fingerprint density at radius 1 is 1.03 bits per heavy atom. The van der Waals surface area contributed by atoms with Gasteiger partial charge < -0.3 is 5.32 Å². The van der Waals surface area contributed by atoms with Crippen LogP contribution in [0, 0.1) is 34.6 Å². The van der Waals surface area contributed by atoms with Gasteiger partial charge in [-0.15, -0.1) is 0 Å². The Hall–Kier alpha value is -3.15. The summed E-state index contributed by atoms with van der Waals surface area (Å²) in [6, 6.07) is 1.49. The molecular formula is C24H27BrF2N8O. The van der Waals surface area contributed by atoms with Crippen LogP contribution in [0.4, 0.5) is 14.5 Å². The van der Waals surface area contributed by atoms with Crippen molar-refractivity contribution >= 4 is 38.6 Å². The van der Waals surface area contributed by atoms with Crippen molar-refractivity contribution in [3.63, 3.8) is 0 Å². The van der Waals surface area contributed by atoms with Gasteiger partial charge in [0.05, 0.1) is 44.0 Å². The molecule has 1 N–H and O–H groups in total. The summed E-state index contributed by atoms with van der Waals surface area (Å²) < 4.78 is 33.7. The van der Waals surface area contributed by atoms with E-state index in [2.05, 4.69) is 41.5 Å². The summed E-state index contributed by atoms with van der Waals surface area (Å²) in [6.45, 7) is 9.50. The number of amides is 1. The second-order valence-electron chi connectivity index (χ2n) is 9.37. The highest BCUT2D eigenvalue weighted by molar-refractivity contribution is 9.10. The van der Waals surface area contributed by atoms with E-state index in [1.807, 2.05) is 32.4 Å². The van der Waals surface area contributed by atoms with Crippen LogP contribution in [0.1, 0.15) is 64.9 Å². The molecule has 36 heavy (non-hydrogen) atoms. The normalized spacial score (nSPS) is 13.8. The van der Waals surface area contributed by atoms with Gasteiger partial charge in [0.2, 0.25) is 5.91 Å². The molecule has 0 aromatic carbocycles. The number of halogens is 3. The molecule has 1 aliphatic carbocycles. The molecule has 0 spiro atoms. The minimum atomic E-state index is -2.64. The highest BCUT2D eigenvalue weighted by Gasteiger charge is 2.29. The van der Waals surface area contributed by atoms with Gasteiger partial charge >= 0.3 is 0 Å². The van der Waals surface area contributed by atoms with E-state index in [1.54, 1.807) is 11.6 Å².